The van der Waals surface area contributed by atoms with Crippen LogP contribution >= 0.6 is 0 Å². The molecule has 1 fully saturated rings. The Bertz CT molecular complexity index is 366. The lowest BCUT2D eigenvalue weighted by atomic mass is 9.90. The molecule has 1 aromatic rings. The molecule has 1 aliphatic carbocycles. The van der Waals surface area contributed by atoms with E-state index in [1.54, 1.807) is 6.20 Å². The number of nitrogens with one attached hydrogen (secondary N) is 1. The van der Waals surface area contributed by atoms with Crippen LogP contribution in [0.1, 0.15) is 49.5 Å². The fraction of sp³-hybridized carbons (Fsp3) is 0.643. The molecule has 0 aliphatic heterocycles. The van der Waals surface area contributed by atoms with Gasteiger partial charge >= 0.3 is 0 Å². The zero-order valence-corrected chi connectivity index (χ0v) is 11.1. The Balaban J connectivity index is 2.05. The van der Waals surface area contributed by atoms with E-state index in [1.807, 2.05) is 17.0 Å². The van der Waals surface area contributed by atoms with Crippen LogP contribution in [0.2, 0.25) is 0 Å². The maximum atomic E-state index is 12.4. The number of hydrogen-bond donors (Lipinski definition) is 2. The number of hydrogen-bond acceptors (Lipinski definition) is 2. The van der Waals surface area contributed by atoms with Gasteiger partial charge in [-0.25, -0.2) is 0 Å². The zero-order chi connectivity index (χ0) is 13.0. The molecule has 100 valence electrons. The Morgan fingerprint density at radius 2 is 2.17 bits per heavy atom. The molecule has 0 unspecified atom stereocenters. The van der Waals surface area contributed by atoms with Crippen molar-refractivity contribution in [1.29, 1.82) is 0 Å². The first-order valence-corrected chi connectivity index (χ1v) is 6.92. The molecule has 2 rings (SSSR count). The standard InChI is InChI=1S/C14H23N3O/c1-2-10-17(12-7-5-11(15)6-8-12)14(18)13-4-3-9-16-13/h3-4,9,11-12,16H,2,5-8,10,15H2,1H3. The average Bonchev–Trinajstić information content (AvgIpc) is 2.90. The molecule has 1 heterocycles. The summed E-state index contributed by atoms with van der Waals surface area (Å²) in [5.74, 6) is 0.127. The Morgan fingerprint density at radius 1 is 1.44 bits per heavy atom. The second kappa shape index (κ2) is 6.05. The highest BCUT2D eigenvalue weighted by atomic mass is 16.2. The smallest absolute Gasteiger partial charge is 0.270 e. The summed E-state index contributed by atoms with van der Waals surface area (Å²) in [5.41, 5.74) is 6.63. The lowest BCUT2D eigenvalue weighted by molar-refractivity contribution is 0.0621. The van der Waals surface area contributed by atoms with E-state index in [0.29, 0.717) is 17.8 Å². The van der Waals surface area contributed by atoms with E-state index in [9.17, 15) is 4.79 Å². The van der Waals surface area contributed by atoms with Gasteiger partial charge in [0.1, 0.15) is 5.69 Å². The van der Waals surface area contributed by atoms with Gasteiger partial charge in [-0.05, 0) is 44.2 Å². The molecule has 1 aromatic heterocycles. The summed E-state index contributed by atoms with van der Waals surface area (Å²) in [6, 6.07) is 4.40. The highest BCUT2D eigenvalue weighted by Gasteiger charge is 2.27. The molecule has 3 N–H and O–H groups in total. The minimum absolute atomic E-state index is 0.127. The van der Waals surface area contributed by atoms with Crippen molar-refractivity contribution in [1.82, 2.24) is 9.88 Å². The molecule has 0 atom stereocenters. The zero-order valence-electron chi connectivity index (χ0n) is 11.1. The van der Waals surface area contributed by atoms with Gasteiger partial charge in [0, 0.05) is 24.8 Å². The van der Waals surface area contributed by atoms with Crippen molar-refractivity contribution in [3.8, 4) is 0 Å². The van der Waals surface area contributed by atoms with Crippen molar-refractivity contribution in [2.45, 2.75) is 51.1 Å². The number of nitrogens with two attached hydrogens (primary N) is 1. The third-order valence-corrected chi connectivity index (χ3v) is 3.74. The topological polar surface area (TPSA) is 62.1 Å². The van der Waals surface area contributed by atoms with Crippen LogP contribution in [0.3, 0.4) is 0 Å². The van der Waals surface area contributed by atoms with Crippen LogP contribution in [0.15, 0.2) is 18.3 Å². The number of carbonyl (C=O) groups is 1. The molecule has 4 heteroatoms. The van der Waals surface area contributed by atoms with Crippen LogP contribution in [0.4, 0.5) is 0 Å². The SMILES string of the molecule is CCCN(C(=O)c1ccc[nH]1)C1CCC(N)CC1. The van der Waals surface area contributed by atoms with Crippen LogP contribution in [-0.4, -0.2) is 34.4 Å². The number of amides is 1. The highest BCUT2D eigenvalue weighted by molar-refractivity contribution is 5.92. The summed E-state index contributed by atoms with van der Waals surface area (Å²) < 4.78 is 0. The molecule has 0 aromatic carbocycles. The molecule has 1 aliphatic rings. The van der Waals surface area contributed by atoms with Gasteiger partial charge in [0.15, 0.2) is 0 Å². The second-order valence-corrected chi connectivity index (χ2v) is 5.15. The number of aromatic amines is 1. The molecule has 0 bridgehead atoms. The first kappa shape index (κ1) is 13.1. The van der Waals surface area contributed by atoms with Gasteiger partial charge < -0.3 is 15.6 Å². The van der Waals surface area contributed by atoms with Gasteiger partial charge in [-0.2, -0.15) is 0 Å². The van der Waals surface area contributed by atoms with Crippen molar-refractivity contribution in [2.24, 2.45) is 5.73 Å². The van der Waals surface area contributed by atoms with Gasteiger partial charge in [-0.15, -0.1) is 0 Å². The first-order chi connectivity index (χ1) is 8.72. The van der Waals surface area contributed by atoms with Crippen molar-refractivity contribution in [3.05, 3.63) is 24.0 Å². The second-order valence-electron chi connectivity index (χ2n) is 5.15. The minimum Gasteiger partial charge on any atom is -0.357 e. The monoisotopic (exact) mass is 249 g/mol. The van der Waals surface area contributed by atoms with Crippen LogP contribution in [0, 0.1) is 0 Å². The molecule has 18 heavy (non-hydrogen) atoms. The maximum absolute atomic E-state index is 12.4. The Kier molecular flexibility index (Phi) is 4.42. The van der Waals surface area contributed by atoms with Gasteiger partial charge in [-0.1, -0.05) is 6.92 Å². The summed E-state index contributed by atoms with van der Waals surface area (Å²) in [7, 11) is 0. The van der Waals surface area contributed by atoms with Crippen LogP contribution in [-0.2, 0) is 0 Å². The Hall–Kier alpha value is -1.29. The first-order valence-electron chi connectivity index (χ1n) is 6.92. The molecular weight excluding hydrogens is 226 g/mol. The third kappa shape index (κ3) is 2.93. The van der Waals surface area contributed by atoms with Crippen LogP contribution < -0.4 is 5.73 Å². The van der Waals surface area contributed by atoms with Gasteiger partial charge in [0.05, 0.1) is 0 Å². The van der Waals surface area contributed by atoms with Gasteiger partial charge in [0.2, 0.25) is 0 Å². The largest absolute Gasteiger partial charge is 0.357 e. The summed E-state index contributed by atoms with van der Waals surface area (Å²) in [6.07, 6.45) is 6.93. The fourth-order valence-corrected chi connectivity index (χ4v) is 2.72. The molecule has 0 saturated heterocycles. The lowest BCUT2D eigenvalue weighted by Gasteiger charge is -2.35. The van der Waals surface area contributed by atoms with E-state index < -0.39 is 0 Å². The van der Waals surface area contributed by atoms with Gasteiger partial charge in [-0.3, -0.25) is 4.79 Å². The predicted molar refractivity (Wildman–Crippen MR) is 72.4 cm³/mol. The van der Waals surface area contributed by atoms with E-state index in [2.05, 4.69) is 11.9 Å². The molecule has 0 spiro atoms. The highest BCUT2D eigenvalue weighted by Crippen LogP contribution is 2.23. The van der Waals surface area contributed by atoms with E-state index >= 15 is 0 Å². The van der Waals surface area contributed by atoms with E-state index in [4.69, 9.17) is 5.73 Å². The minimum atomic E-state index is 0.127. The van der Waals surface area contributed by atoms with E-state index in [1.165, 1.54) is 0 Å². The average molecular weight is 249 g/mol. The Labute approximate surface area is 109 Å². The lowest BCUT2D eigenvalue weighted by Crippen LogP contribution is -2.44. The summed E-state index contributed by atoms with van der Waals surface area (Å²) >= 11 is 0. The maximum Gasteiger partial charge on any atom is 0.270 e. The fourth-order valence-electron chi connectivity index (χ4n) is 2.72. The molecule has 1 saturated carbocycles. The number of H-pyrrole nitrogens is 1. The summed E-state index contributed by atoms with van der Waals surface area (Å²) in [5, 5.41) is 0. The van der Waals surface area contributed by atoms with Crippen molar-refractivity contribution >= 4 is 5.91 Å². The third-order valence-electron chi connectivity index (χ3n) is 3.74. The number of carbonyl (C=O) groups excluding carboxylic acids is 1. The Morgan fingerprint density at radius 3 is 2.72 bits per heavy atom. The number of aromatic nitrogens is 1. The summed E-state index contributed by atoms with van der Waals surface area (Å²) in [6.45, 7) is 2.95. The molecular formula is C14H23N3O. The normalized spacial score (nSPS) is 23.9. The summed E-state index contributed by atoms with van der Waals surface area (Å²) in [4.78, 5) is 17.5. The van der Waals surface area contributed by atoms with Crippen LogP contribution in [0.5, 0.6) is 0 Å². The predicted octanol–water partition coefficient (Wildman–Crippen LogP) is 2.14. The van der Waals surface area contributed by atoms with Crippen molar-refractivity contribution < 1.29 is 4.79 Å². The molecule has 4 nitrogen and oxygen atoms in total. The quantitative estimate of drug-likeness (QED) is 0.858. The van der Waals surface area contributed by atoms with Crippen LogP contribution in [0.25, 0.3) is 0 Å². The molecule has 0 radical (unpaired) electrons. The van der Waals surface area contributed by atoms with Crippen molar-refractivity contribution in [3.63, 3.8) is 0 Å². The van der Waals surface area contributed by atoms with E-state index in [-0.39, 0.29) is 5.91 Å². The number of nitrogens with zero attached hydrogens (tertiary/aromatic N) is 1. The number of rotatable bonds is 4. The molecule has 1 amide bonds. The van der Waals surface area contributed by atoms with Gasteiger partial charge in [0.25, 0.3) is 5.91 Å². The van der Waals surface area contributed by atoms with E-state index in [0.717, 1.165) is 38.6 Å². The van der Waals surface area contributed by atoms with Crippen molar-refractivity contribution in [2.75, 3.05) is 6.54 Å².